The summed E-state index contributed by atoms with van der Waals surface area (Å²) in [6.45, 7) is 1.81. The molecule has 0 aliphatic heterocycles. The smallest absolute Gasteiger partial charge is 0.181 e. The summed E-state index contributed by atoms with van der Waals surface area (Å²) in [5.41, 5.74) is 1.54. The van der Waals surface area contributed by atoms with E-state index in [1.807, 2.05) is 37.3 Å². The first-order chi connectivity index (χ1) is 6.79. The second kappa shape index (κ2) is 3.64. The van der Waals surface area contributed by atoms with E-state index < -0.39 is 6.10 Å². The zero-order valence-electron chi connectivity index (χ0n) is 7.84. The van der Waals surface area contributed by atoms with Gasteiger partial charge in [0, 0.05) is 0 Å². The molecule has 0 aliphatic carbocycles. The van der Waals surface area contributed by atoms with Gasteiger partial charge in [0.15, 0.2) is 12.2 Å². The van der Waals surface area contributed by atoms with E-state index in [0.29, 0.717) is 5.76 Å². The van der Waals surface area contributed by atoms with Gasteiger partial charge in [0.1, 0.15) is 6.10 Å². The fourth-order valence-corrected chi connectivity index (χ4v) is 1.36. The number of aryl methyl sites for hydroxylation is 1. The van der Waals surface area contributed by atoms with Gasteiger partial charge in [-0.2, -0.15) is 0 Å². The number of hydrogen-bond acceptors (Lipinski definition) is 3. The highest BCUT2D eigenvalue weighted by Gasteiger charge is 2.16. The third-order valence-electron chi connectivity index (χ3n) is 2.15. The van der Waals surface area contributed by atoms with Crippen molar-refractivity contribution in [1.82, 2.24) is 4.98 Å². The molecule has 2 rings (SSSR count). The summed E-state index contributed by atoms with van der Waals surface area (Å²) in [6.07, 6.45) is 0.621. The van der Waals surface area contributed by atoms with E-state index >= 15 is 0 Å². The Bertz CT molecular complexity index is 408. The molecule has 2 aromatic rings. The first-order valence-corrected chi connectivity index (χ1v) is 4.42. The van der Waals surface area contributed by atoms with Crippen LogP contribution in [0, 0.1) is 6.92 Å². The lowest BCUT2D eigenvalue weighted by Gasteiger charge is -2.07. The standard InChI is InChI=1S/C11H11NO2/c1-8-11(14-7-12-8)10(13)9-5-3-2-4-6-9/h2-7,10,13H,1H3. The van der Waals surface area contributed by atoms with Crippen molar-refractivity contribution in [2.24, 2.45) is 0 Å². The van der Waals surface area contributed by atoms with Crippen LogP contribution in [0.5, 0.6) is 0 Å². The summed E-state index contributed by atoms with van der Waals surface area (Å²) >= 11 is 0. The van der Waals surface area contributed by atoms with E-state index in [-0.39, 0.29) is 0 Å². The second-order valence-electron chi connectivity index (χ2n) is 3.12. The first-order valence-electron chi connectivity index (χ1n) is 4.42. The zero-order valence-corrected chi connectivity index (χ0v) is 7.84. The van der Waals surface area contributed by atoms with Gasteiger partial charge in [-0.15, -0.1) is 0 Å². The number of aliphatic hydroxyl groups is 1. The molecule has 1 N–H and O–H groups in total. The predicted molar refractivity (Wildman–Crippen MR) is 51.7 cm³/mol. The molecule has 1 heterocycles. The molecule has 0 fully saturated rings. The molecule has 0 saturated heterocycles. The van der Waals surface area contributed by atoms with Crippen LogP contribution < -0.4 is 0 Å². The summed E-state index contributed by atoms with van der Waals surface area (Å²) in [6, 6.07) is 9.37. The molecule has 1 atom stereocenters. The summed E-state index contributed by atoms with van der Waals surface area (Å²) in [5.74, 6) is 0.510. The molecular formula is C11H11NO2. The Hall–Kier alpha value is -1.61. The number of rotatable bonds is 2. The van der Waals surface area contributed by atoms with Crippen molar-refractivity contribution in [3.63, 3.8) is 0 Å². The number of hydrogen-bond donors (Lipinski definition) is 1. The second-order valence-corrected chi connectivity index (χ2v) is 3.12. The molecule has 3 heteroatoms. The molecule has 1 unspecified atom stereocenters. The molecule has 3 nitrogen and oxygen atoms in total. The summed E-state index contributed by atoms with van der Waals surface area (Å²) < 4.78 is 5.12. The molecule has 0 aliphatic rings. The van der Waals surface area contributed by atoms with Crippen molar-refractivity contribution in [3.05, 3.63) is 53.7 Å². The lowest BCUT2D eigenvalue weighted by molar-refractivity contribution is 0.188. The van der Waals surface area contributed by atoms with Crippen LogP contribution in [0.15, 0.2) is 41.1 Å². The highest BCUT2D eigenvalue weighted by atomic mass is 16.4. The predicted octanol–water partition coefficient (Wildman–Crippen LogP) is 2.06. The summed E-state index contributed by atoms with van der Waals surface area (Å²) in [5, 5.41) is 9.93. The van der Waals surface area contributed by atoms with Crippen molar-refractivity contribution in [1.29, 1.82) is 0 Å². The van der Waals surface area contributed by atoms with Crippen LogP contribution in [0.3, 0.4) is 0 Å². The van der Waals surface area contributed by atoms with E-state index in [0.717, 1.165) is 11.3 Å². The average Bonchev–Trinajstić information content (AvgIpc) is 2.65. The molecule has 72 valence electrons. The van der Waals surface area contributed by atoms with Crippen molar-refractivity contribution in [3.8, 4) is 0 Å². The van der Waals surface area contributed by atoms with Crippen LogP contribution in [-0.2, 0) is 0 Å². The summed E-state index contributed by atoms with van der Waals surface area (Å²) in [4.78, 5) is 3.94. The number of aromatic nitrogens is 1. The van der Waals surface area contributed by atoms with Gasteiger partial charge in [-0.05, 0) is 12.5 Å². The Kier molecular flexibility index (Phi) is 2.33. The topological polar surface area (TPSA) is 46.3 Å². The van der Waals surface area contributed by atoms with Gasteiger partial charge in [-0.1, -0.05) is 30.3 Å². The molecule has 0 spiro atoms. The van der Waals surface area contributed by atoms with E-state index in [4.69, 9.17) is 4.42 Å². The van der Waals surface area contributed by atoms with Crippen LogP contribution in [-0.4, -0.2) is 10.1 Å². The largest absolute Gasteiger partial charge is 0.445 e. The number of oxazole rings is 1. The fraction of sp³-hybridized carbons (Fsp3) is 0.182. The molecule has 0 radical (unpaired) electrons. The minimum absolute atomic E-state index is 0.510. The van der Waals surface area contributed by atoms with Gasteiger partial charge in [0.2, 0.25) is 0 Å². The fourth-order valence-electron chi connectivity index (χ4n) is 1.36. The van der Waals surface area contributed by atoms with E-state index in [2.05, 4.69) is 4.98 Å². The van der Waals surface area contributed by atoms with Crippen LogP contribution in [0.1, 0.15) is 23.1 Å². The van der Waals surface area contributed by atoms with E-state index in [1.54, 1.807) is 0 Å². The molecule has 0 saturated carbocycles. The molecule has 1 aromatic heterocycles. The SMILES string of the molecule is Cc1ncoc1C(O)c1ccccc1. The van der Waals surface area contributed by atoms with Gasteiger partial charge in [0.05, 0.1) is 5.69 Å². The minimum atomic E-state index is -0.723. The molecule has 14 heavy (non-hydrogen) atoms. The lowest BCUT2D eigenvalue weighted by Crippen LogP contribution is -1.99. The van der Waals surface area contributed by atoms with Crippen LogP contribution in [0.2, 0.25) is 0 Å². The lowest BCUT2D eigenvalue weighted by atomic mass is 10.1. The monoisotopic (exact) mass is 189 g/mol. The maximum atomic E-state index is 9.93. The van der Waals surface area contributed by atoms with Gasteiger partial charge in [-0.3, -0.25) is 0 Å². The molecule has 1 aromatic carbocycles. The average molecular weight is 189 g/mol. The molecular weight excluding hydrogens is 178 g/mol. The maximum Gasteiger partial charge on any atom is 0.181 e. The minimum Gasteiger partial charge on any atom is -0.445 e. The summed E-state index contributed by atoms with van der Waals surface area (Å²) in [7, 11) is 0. The van der Waals surface area contributed by atoms with E-state index in [9.17, 15) is 5.11 Å². The number of aliphatic hydroxyl groups excluding tert-OH is 1. The molecule has 0 amide bonds. The van der Waals surface area contributed by atoms with E-state index in [1.165, 1.54) is 6.39 Å². The van der Waals surface area contributed by atoms with Crippen LogP contribution in [0.25, 0.3) is 0 Å². The highest BCUT2D eigenvalue weighted by molar-refractivity contribution is 5.25. The van der Waals surface area contributed by atoms with Gasteiger partial charge in [-0.25, -0.2) is 4.98 Å². The Morgan fingerprint density at radius 2 is 2.00 bits per heavy atom. The highest BCUT2D eigenvalue weighted by Crippen LogP contribution is 2.23. The molecule has 0 bridgehead atoms. The van der Waals surface area contributed by atoms with Crippen molar-refractivity contribution in [2.45, 2.75) is 13.0 Å². The third kappa shape index (κ3) is 1.54. The number of nitrogens with zero attached hydrogens (tertiary/aromatic N) is 1. The van der Waals surface area contributed by atoms with Gasteiger partial charge in [0.25, 0.3) is 0 Å². The van der Waals surface area contributed by atoms with Crippen molar-refractivity contribution < 1.29 is 9.52 Å². The van der Waals surface area contributed by atoms with Crippen molar-refractivity contribution >= 4 is 0 Å². The van der Waals surface area contributed by atoms with Crippen molar-refractivity contribution in [2.75, 3.05) is 0 Å². The Labute approximate surface area is 82.0 Å². The Balaban J connectivity index is 2.34. The van der Waals surface area contributed by atoms with Gasteiger partial charge < -0.3 is 9.52 Å². The zero-order chi connectivity index (χ0) is 9.97. The first kappa shape index (κ1) is 8.97. The maximum absolute atomic E-state index is 9.93. The Morgan fingerprint density at radius 1 is 1.29 bits per heavy atom. The van der Waals surface area contributed by atoms with Crippen LogP contribution >= 0.6 is 0 Å². The Morgan fingerprint density at radius 3 is 2.57 bits per heavy atom. The number of benzene rings is 1. The van der Waals surface area contributed by atoms with Crippen LogP contribution in [0.4, 0.5) is 0 Å². The normalized spacial score (nSPS) is 12.7. The quantitative estimate of drug-likeness (QED) is 0.786. The van der Waals surface area contributed by atoms with Gasteiger partial charge >= 0.3 is 0 Å². The third-order valence-corrected chi connectivity index (χ3v) is 2.15.